The predicted octanol–water partition coefficient (Wildman–Crippen LogP) is 4.47. The molecule has 1 amide bonds. The molecule has 1 atom stereocenters. The van der Waals surface area contributed by atoms with Crippen molar-refractivity contribution in [3.05, 3.63) is 28.7 Å². The lowest BCUT2D eigenvalue weighted by atomic mass is 10.1. The zero-order chi connectivity index (χ0) is 23.5. The van der Waals surface area contributed by atoms with Gasteiger partial charge in [0.2, 0.25) is 0 Å². The summed E-state index contributed by atoms with van der Waals surface area (Å²) in [6.45, 7) is 4.45. The molecule has 32 heavy (non-hydrogen) atoms. The number of aliphatic hydroxyl groups excluding tert-OH is 1. The summed E-state index contributed by atoms with van der Waals surface area (Å²) in [4.78, 5) is 25.2. The molecule has 2 rings (SSSR count). The SMILES string of the molecule is CCCCCCCCOc1ccc(C=C2SC(=S)N(C(CO)C(=O)O)C2=O)cc1OCC. The first-order valence-corrected chi connectivity index (χ1v) is 12.2. The van der Waals surface area contributed by atoms with Crippen LogP contribution in [0.2, 0.25) is 0 Å². The first-order valence-electron chi connectivity index (χ1n) is 10.9. The van der Waals surface area contributed by atoms with Crippen molar-refractivity contribution in [2.24, 2.45) is 0 Å². The Morgan fingerprint density at radius 2 is 1.88 bits per heavy atom. The van der Waals surface area contributed by atoms with E-state index < -0.39 is 24.5 Å². The lowest BCUT2D eigenvalue weighted by Gasteiger charge is -2.20. The first-order chi connectivity index (χ1) is 15.4. The Morgan fingerprint density at radius 1 is 1.16 bits per heavy atom. The predicted molar refractivity (Wildman–Crippen MR) is 130 cm³/mol. The second-order valence-electron chi connectivity index (χ2n) is 7.34. The second-order valence-corrected chi connectivity index (χ2v) is 9.02. The number of hydrogen-bond acceptors (Lipinski definition) is 7. The van der Waals surface area contributed by atoms with Crippen molar-refractivity contribution >= 4 is 46.3 Å². The lowest BCUT2D eigenvalue weighted by molar-refractivity contribution is -0.146. The molecule has 1 aliphatic rings. The van der Waals surface area contributed by atoms with Crippen LogP contribution in [0.25, 0.3) is 6.08 Å². The van der Waals surface area contributed by atoms with Crippen molar-refractivity contribution in [2.75, 3.05) is 19.8 Å². The van der Waals surface area contributed by atoms with Gasteiger partial charge in [-0.2, -0.15) is 0 Å². The van der Waals surface area contributed by atoms with E-state index in [4.69, 9.17) is 21.7 Å². The average molecular weight is 482 g/mol. The first kappa shape index (κ1) is 26.2. The van der Waals surface area contributed by atoms with Gasteiger partial charge in [0, 0.05) is 0 Å². The van der Waals surface area contributed by atoms with Gasteiger partial charge in [-0.05, 0) is 37.1 Å². The minimum atomic E-state index is -1.40. The molecule has 0 aliphatic carbocycles. The topological polar surface area (TPSA) is 96.3 Å². The van der Waals surface area contributed by atoms with Crippen molar-refractivity contribution in [2.45, 2.75) is 58.4 Å². The van der Waals surface area contributed by atoms with Crippen molar-refractivity contribution in [1.29, 1.82) is 0 Å². The molecular weight excluding hydrogens is 450 g/mol. The smallest absolute Gasteiger partial charge is 0.329 e. The molecule has 0 radical (unpaired) electrons. The zero-order valence-electron chi connectivity index (χ0n) is 18.5. The van der Waals surface area contributed by atoms with Gasteiger partial charge in [-0.15, -0.1) is 0 Å². The summed E-state index contributed by atoms with van der Waals surface area (Å²) in [6.07, 6.45) is 8.72. The number of aliphatic hydroxyl groups is 1. The molecule has 0 saturated carbocycles. The Labute approximate surface area is 198 Å². The molecule has 1 saturated heterocycles. The van der Waals surface area contributed by atoms with E-state index in [-0.39, 0.29) is 9.23 Å². The third-order valence-electron chi connectivity index (χ3n) is 4.91. The molecule has 176 valence electrons. The zero-order valence-corrected chi connectivity index (χ0v) is 20.2. The van der Waals surface area contributed by atoms with Crippen LogP contribution in [0.3, 0.4) is 0 Å². The monoisotopic (exact) mass is 481 g/mol. The van der Waals surface area contributed by atoms with Gasteiger partial charge >= 0.3 is 5.97 Å². The number of carboxylic acids is 1. The van der Waals surface area contributed by atoms with E-state index in [0.29, 0.717) is 30.3 Å². The fourth-order valence-electron chi connectivity index (χ4n) is 3.24. The molecule has 1 aromatic carbocycles. The Kier molecular flexibility index (Phi) is 11.0. The molecule has 0 aromatic heterocycles. The molecule has 1 aromatic rings. The number of rotatable bonds is 14. The van der Waals surface area contributed by atoms with Crippen LogP contribution in [0.4, 0.5) is 0 Å². The normalized spacial score (nSPS) is 16.0. The summed E-state index contributed by atoms with van der Waals surface area (Å²) < 4.78 is 11.7. The van der Waals surface area contributed by atoms with E-state index in [0.717, 1.165) is 29.5 Å². The quantitative estimate of drug-likeness (QED) is 0.228. The van der Waals surface area contributed by atoms with Crippen LogP contribution in [0.5, 0.6) is 11.5 Å². The number of thiocarbonyl (C=S) groups is 1. The van der Waals surface area contributed by atoms with E-state index in [1.165, 1.54) is 25.7 Å². The van der Waals surface area contributed by atoms with Gasteiger partial charge < -0.3 is 19.7 Å². The highest BCUT2D eigenvalue weighted by atomic mass is 32.2. The molecular formula is C23H31NO6S2. The standard InChI is InChI=1S/C23H31NO6S2/c1-3-5-6-7-8-9-12-30-18-11-10-16(13-19(18)29-4-2)14-20-21(26)24(23(31)32-20)17(15-25)22(27)28/h10-11,13-14,17,25H,3-9,12,15H2,1-2H3,(H,27,28). The Bertz CT molecular complexity index is 842. The van der Waals surface area contributed by atoms with Crippen LogP contribution < -0.4 is 9.47 Å². The van der Waals surface area contributed by atoms with E-state index in [1.807, 2.05) is 19.1 Å². The van der Waals surface area contributed by atoms with Gasteiger partial charge in [0.15, 0.2) is 17.5 Å². The van der Waals surface area contributed by atoms with Crippen LogP contribution in [-0.4, -0.2) is 57.2 Å². The summed E-state index contributed by atoms with van der Waals surface area (Å²) in [5, 5.41) is 18.6. The van der Waals surface area contributed by atoms with Gasteiger partial charge in [0.25, 0.3) is 5.91 Å². The lowest BCUT2D eigenvalue weighted by Crippen LogP contribution is -2.46. The number of hydrogen-bond donors (Lipinski definition) is 2. The summed E-state index contributed by atoms with van der Waals surface area (Å²) in [7, 11) is 0. The molecule has 1 unspecified atom stereocenters. The van der Waals surface area contributed by atoms with E-state index in [2.05, 4.69) is 6.92 Å². The number of carboxylic acid groups (broad SMARTS) is 1. The van der Waals surface area contributed by atoms with Gasteiger partial charge in [-0.1, -0.05) is 69.1 Å². The van der Waals surface area contributed by atoms with Crippen LogP contribution in [0, 0.1) is 0 Å². The molecule has 1 heterocycles. The number of unbranched alkanes of at least 4 members (excludes halogenated alkanes) is 5. The number of carbonyl (C=O) groups excluding carboxylic acids is 1. The average Bonchev–Trinajstić information content (AvgIpc) is 3.03. The number of nitrogens with zero attached hydrogens (tertiary/aromatic N) is 1. The molecule has 9 heteroatoms. The van der Waals surface area contributed by atoms with E-state index in [9.17, 15) is 19.8 Å². The third kappa shape index (κ3) is 7.21. The number of benzene rings is 1. The van der Waals surface area contributed by atoms with E-state index in [1.54, 1.807) is 12.1 Å². The second kappa shape index (κ2) is 13.4. The summed E-state index contributed by atoms with van der Waals surface area (Å²) in [5.74, 6) is -0.615. The molecule has 7 nitrogen and oxygen atoms in total. The number of amides is 1. The Balaban J connectivity index is 2.08. The van der Waals surface area contributed by atoms with Crippen LogP contribution >= 0.6 is 24.0 Å². The number of carbonyl (C=O) groups is 2. The highest BCUT2D eigenvalue weighted by Gasteiger charge is 2.40. The maximum absolute atomic E-state index is 12.7. The highest BCUT2D eigenvalue weighted by molar-refractivity contribution is 8.26. The molecule has 1 fully saturated rings. The molecule has 0 bridgehead atoms. The summed E-state index contributed by atoms with van der Waals surface area (Å²) in [6, 6.07) is 4.01. The van der Waals surface area contributed by atoms with Gasteiger partial charge in [-0.25, -0.2) is 4.79 Å². The van der Waals surface area contributed by atoms with Crippen molar-refractivity contribution in [3.63, 3.8) is 0 Å². The number of ether oxygens (including phenoxy) is 2. The number of thioether (sulfide) groups is 1. The largest absolute Gasteiger partial charge is 0.490 e. The highest BCUT2D eigenvalue weighted by Crippen LogP contribution is 2.36. The summed E-state index contributed by atoms with van der Waals surface area (Å²) in [5.41, 5.74) is 0.705. The third-order valence-corrected chi connectivity index (χ3v) is 6.24. The van der Waals surface area contributed by atoms with Crippen molar-refractivity contribution in [1.82, 2.24) is 4.90 Å². The molecule has 2 N–H and O–H groups in total. The molecule has 1 aliphatic heterocycles. The minimum Gasteiger partial charge on any atom is -0.490 e. The van der Waals surface area contributed by atoms with Crippen LogP contribution in [0.1, 0.15) is 57.9 Å². The van der Waals surface area contributed by atoms with Crippen molar-refractivity contribution < 1.29 is 29.3 Å². The maximum Gasteiger partial charge on any atom is 0.329 e. The minimum absolute atomic E-state index is 0.103. The Hall–Kier alpha value is -2.10. The van der Waals surface area contributed by atoms with E-state index >= 15 is 0 Å². The summed E-state index contributed by atoms with van der Waals surface area (Å²) >= 11 is 6.17. The van der Waals surface area contributed by atoms with Gasteiger partial charge in [-0.3, -0.25) is 9.69 Å². The van der Waals surface area contributed by atoms with Crippen LogP contribution in [-0.2, 0) is 9.59 Å². The Morgan fingerprint density at radius 3 is 2.53 bits per heavy atom. The molecule has 0 spiro atoms. The van der Waals surface area contributed by atoms with Crippen LogP contribution in [0.15, 0.2) is 23.1 Å². The van der Waals surface area contributed by atoms with Gasteiger partial charge in [0.1, 0.15) is 4.32 Å². The maximum atomic E-state index is 12.7. The van der Waals surface area contributed by atoms with Gasteiger partial charge in [0.05, 0.1) is 24.7 Å². The fourth-order valence-corrected chi connectivity index (χ4v) is 4.59. The van der Waals surface area contributed by atoms with Crippen molar-refractivity contribution in [3.8, 4) is 11.5 Å². The fraction of sp³-hybridized carbons (Fsp3) is 0.522. The number of aliphatic carboxylic acids is 1.